The number of aliphatic carboxylic acids is 1. The number of hydrogen-bond donors (Lipinski definition) is 1. The molecule has 2 heterocycles. The minimum atomic E-state index is -0.793. The number of benzene rings is 1. The average molecular weight is 317 g/mol. The van der Waals surface area contributed by atoms with Crippen LogP contribution in [0, 0.1) is 0 Å². The molecule has 2 aromatic rings. The van der Waals surface area contributed by atoms with Crippen molar-refractivity contribution in [1.82, 2.24) is 4.90 Å². The van der Waals surface area contributed by atoms with Crippen molar-refractivity contribution in [2.45, 2.75) is 18.6 Å². The number of carboxylic acid groups (broad SMARTS) is 1. The Labute approximate surface area is 134 Å². The second kappa shape index (κ2) is 7.05. The fourth-order valence-corrected chi connectivity index (χ4v) is 3.60. The highest BCUT2D eigenvalue weighted by Gasteiger charge is 2.32. The van der Waals surface area contributed by atoms with Crippen LogP contribution in [0.15, 0.2) is 47.2 Å². The van der Waals surface area contributed by atoms with Crippen molar-refractivity contribution < 1.29 is 14.6 Å². The van der Waals surface area contributed by atoms with E-state index < -0.39 is 12.0 Å². The summed E-state index contributed by atoms with van der Waals surface area (Å²) in [5.41, 5.74) is 2.08. The van der Waals surface area contributed by atoms with Crippen LogP contribution in [0.2, 0.25) is 0 Å². The lowest BCUT2D eigenvalue weighted by atomic mass is 10.0. The number of rotatable bonds is 5. The molecule has 1 aromatic heterocycles. The first kappa shape index (κ1) is 15.2. The first-order chi connectivity index (χ1) is 10.7. The minimum absolute atomic E-state index is 0.0386. The van der Waals surface area contributed by atoms with Gasteiger partial charge in [-0.25, -0.2) is 0 Å². The molecule has 116 valence electrons. The Bertz CT molecular complexity index is 600. The molecule has 1 fully saturated rings. The van der Waals surface area contributed by atoms with Crippen molar-refractivity contribution in [3.05, 3.63) is 58.3 Å². The van der Waals surface area contributed by atoms with Gasteiger partial charge in [0.2, 0.25) is 0 Å². The third-order valence-electron chi connectivity index (χ3n) is 3.93. The van der Waals surface area contributed by atoms with Gasteiger partial charge in [-0.05, 0) is 34.4 Å². The van der Waals surface area contributed by atoms with Gasteiger partial charge in [-0.3, -0.25) is 9.69 Å². The summed E-state index contributed by atoms with van der Waals surface area (Å²) in [6, 6.07) is 11.5. The van der Waals surface area contributed by atoms with Gasteiger partial charge in [0.25, 0.3) is 0 Å². The fraction of sp³-hybridized carbons (Fsp3) is 0.353. The lowest BCUT2D eigenvalue weighted by Crippen LogP contribution is -2.47. The zero-order valence-corrected chi connectivity index (χ0v) is 13.0. The highest BCUT2D eigenvalue weighted by molar-refractivity contribution is 7.08. The van der Waals surface area contributed by atoms with E-state index in [0.717, 1.165) is 12.0 Å². The summed E-state index contributed by atoms with van der Waals surface area (Å²) in [6.45, 7) is 1.87. The molecule has 22 heavy (non-hydrogen) atoms. The van der Waals surface area contributed by atoms with Gasteiger partial charge < -0.3 is 9.84 Å². The van der Waals surface area contributed by atoms with E-state index in [0.29, 0.717) is 19.7 Å². The second-order valence-electron chi connectivity index (χ2n) is 5.47. The van der Waals surface area contributed by atoms with Crippen molar-refractivity contribution in [3.63, 3.8) is 0 Å². The molecule has 5 heteroatoms. The van der Waals surface area contributed by atoms with Gasteiger partial charge in [-0.2, -0.15) is 11.3 Å². The predicted molar refractivity (Wildman–Crippen MR) is 86.2 cm³/mol. The first-order valence-corrected chi connectivity index (χ1v) is 8.33. The number of morpholine rings is 1. The lowest BCUT2D eigenvalue weighted by molar-refractivity contribution is -0.147. The van der Waals surface area contributed by atoms with Crippen LogP contribution < -0.4 is 0 Å². The lowest BCUT2D eigenvalue weighted by Gasteiger charge is -2.36. The predicted octanol–water partition coefficient (Wildman–Crippen LogP) is 2.82. The normalized spacial score (nSPS) is 20.6. The third-order valence-corrected chi connectivity index (χ3v) is 4.64. The summed E-state index contributed by atoms with van der Waals surface area (Å²) in [7, 11) is 0. The Morgan fingerprint density at radius 2 is 2.18 bits per heavy atom. The summed E-state index contributed by atoms with van der Waals surface area (Å²) in [5, 5.41) is 13.4. The standard InChI is InChI=1S/C17H19NO3S/c19-17(20)16(14-6-9-22-12-14)18-7-8-21-15(11-18)10-13-4-2-1-3-5-13/h1-6,9,12,15-16H,7-8,10-11H2,(H,19,20)/t15-,16+/m0/s1. The molecule has 0 bridgehead atoms. The van der Waals surface area contributed by atoms with Crippen molar-refractivity contribution in [2.24, 2.45) is 0 Å². The molecule has 0 aliphatic carbocycles. The Kier molecular flexibility index (Phi) is 4.87. The van der Waals surface area contributed by atoms with Crippen LogP contribution >= 0.6 is 11.3 Å². The van der Waals surface area contributed by atoms with Gasteiger partial charge in [0.1, 0.15) is 6.04 Å². The Balaban J connectivity index is 1.70. The maximum Gasteiger partial charge on any atom is 0.325 e. The van der Waals surface area contributed by atoms with Gasteiger partial charge in [-0.15, -0.1) is 0 Å². The van der Waals surface area contributed by atoms with Gasteiger partial charge in [0.15, 0.2) is 0 Å². The van der Waals surface area contributed by atoms with E-state index in [-0.39, 0.29) is 6.10 Å². The fourth-order valence-electron chi connectivity index (χ4n) is 2.92. The van der Waals surface area contributed by atoms with Gasteiger partial charge >= 0.3 is 5.97 Å². The van der Waals surface area contributed by atoms with Crippen molar-refractivity contribution in [2.75, 3.05) is 19.7 Å². The molecular formula is C17H19NO3S. The summed E-state index contributed by atoms with van der Waals surface area (Å²) in [4.78, 5) is 13.7. The quantitative estimate of drug-likeness (QED) is 0.921. The Morgan fingerprint density at radius 3 is 2.86 bits per heavy atom. The van der Waals surface area contributed by atoms with E-state index in [1.165, 1.54) is 16.9 Å². The molecule has 1 aliphatic rings. The SMILES string of the molecule is O=C(O)[C@@H](c1ccsc1)N1CCO[C@@H](Cc2ccccc2)C1. The smallest absolute Gasteiger partial charge is 0.325 e. The molecule has 0 radical (unpaired) electrons. The van der Waals surface area contributed by atoms with Crippen molar-refractivity contribution in [1.29, 1.82) is 0 Å². The molecule has 1 saturated heterocycles. The Hall–Kier alpha value is -1.69. The molecule has 0 unspecified atom stereocenters. The molecule has 1 aromatic carbocycles. The highest BCUT2D eigenvalue weighted by Crippen LogP contribution is 2.26. The zero-order chi connectivity index (χ0) is 15.4. The molecule has 1 aliphatic heterocycles. The number of ether oxygens (including phenoxy) is 1. The van der Waals surface area contributed by atoms with Gasteiger partial charge in [0, 0.05) is 13.1 Å². The summed E-state index contributed by atoms with van der Waals surface area (Å²) in [5.74, 6) is -0.793. The number of thiophene rings is 1. The largest absolute Gasteiger partial charge is 0.480 e. The van der Waals surface area contributed by atoms with E-state index in [1.807, 2.05) is 39.9 Å². The van der Waals surface area contributed by atoms with Crippen LogP contribution in [-0.4, -0.2) is 41.8 Å². The van der Waals surface area contributed by atoms with Crippen molar-refractivity contribution >= 4 is 17.3 Å². The van der Waals surface area contributed by atoms with Crippen LogP contribution in [0.4, 0.5) is 0 Å². The summed E-state index contributed by atoms with van der Waals surface area (Å²) < 4.78 is 5.83. The number of nitrogens with zero attached hydrogens (tertiary/aromatic N) is 1. The molecule has 0 amide bonds. The molecule has 1 N–H and O–H groups in total. The molecule has 0 saturated carbocycles. The van der Waals surface area contributed by atoms with E-state index in [1.54, 1.807) is 0 Å². The maximum absolute atomic E-state index is 11.7. The van der Waals surface area contributed by atoms with Crippen LogP contribution in [0.1, 0.15) is 17.2 Å². The van der Waals surface area contributed by atoms with Crippen LogP contribution in [0.3, 0.4) is 0 Å². The number of hydrogen-bond acceptors (Lipinski definition) is 4. The van der Waals surface area contributed by atoms with Gasteiger partial charge in [-0.1, -0.05) is 30.3 Å². The molecule has 4 nitrogen and oxygen atoms in total. The van der Waals surface area contributed by atoms with Gasteiger partial charge in [0.05, 0.1) is 12.7 Å². The summed E-state index contributed by atoms with van der Waals surface area (Å²) in [6.07, 6.45) is 0.851. The topological polar surface area (TPSA) is 49.8 Å². The second-order valence-corrected chi connectivity index (χ2v) is 6.25. The molecule has 3 rings (SSSR count). The maximum atomic E-state index is 11.7. The zero-order valence-electron chi connectivity index (χ0n) is 12.2. The number of carboxylic acids is 1. The monoisotopic (exact) mass is 317 g/mol. The molecular weight excluding hydrogens is 298 g/mol. The Morgan fingerprint density at radius 1 is 1.36 bits per heavy atom. The van der Waals surface area contributed by atoms with E-state index in [4.69, 9.17) is 4.74 Å². The molecule has 0 spiro atoms. The first-order valence-electron chi connectivity index (χ1n) is 7.38. The number of carbonyl (C=O) groups is 1. The van der Waals surface area contributed by atoms with E-state index in [2.05, 4.69) is 12.1 Å². The molecule has 2 atom stereocenters. The minimum Gasteiger partial charge on any atom is -0.480 e. The average Bonchev–Trinajstić information content (AvgIpc) is 3.02. The van der Waals surface area contributed by atoms with E-state index >= 15 is 0 Å². The van der Waals surface area contributed by atoms with E-state index in [9.17, 15) is 9.90 Å². The van der Waals surface area contributed by atoms with Crippen LogP contribution in [0.25, 0.3) is 0 Å². The summed E-state index contributed by atoms with van der Waals surface area (Å²) >= 11 is 1.53. The highest BCUT2D eigenvalue weighted by atomic mass is 32.1. The van der Waals surface area contributed by atoms with Crippen molar-refractivity contribution in [3.8, 4) is 0 Å². The third kappa shape index (κ3) is 3.55. The van der Waals surface area contributed by atoms with Crippen LogP contribution in [-0.2, 0) is 16.0 Å². The van der Waals surface area contributed by atoms with Crippen LogP contribution in [0.5, 0.6) is 0 Å².